The molecule has 2 rings (SSSR count). The number of ether oxygens (including phenoxy) is 1. The molecular formula is C18H21NO2. The molecule has 2 aromatic rings. The highest BCUT2D eigenvalue weighted by Gasteiger charge is 2.11. The number of methoxy groups -OCH3 is 1. The molecule has 3 heteroatoms. The maximum absolute atomic E-state index is 12.1. The smallest absolute Gasteiger partial charge is 0.224 e. The second-order valence-corrected chi connectivity index (χ2v) is 5.17. The van der Waals surface area contributed by atoms with Crippen LogP contribution in [0.3, 0.4) is 0 Å². The van der Waals surface area contributed by atoms with Crippen LogP contribution in [0.2, 0.25) is 0 Å². The monoisotopic (exact) mass is 283 g/mol. The van der Waals surface area contributed by atoms with Crippen LogP contribution >= 0.6 is 0 Å². The Morgan fingerprint density at radius 3 is 2.43 bits per heavy atom. The first-order chi connectivity index (χ1) is 10.1. The number of carbonyl (C=O) groups is 1. The van der Waals surface area contributed by atoms with Gasteiger partial charge in [0.25, 0.3) is 0 Å². The SMILES string of the molecule is COc1ccc(CC(=O)NC(C)c2ccccc2C)cc1. The van der Waals surface area contributed by atoms with Crippen molar-refractivity contribution in [2.45, 2.75) is 26.3 Å². The summed E-state index contributed by atoms with van der Waals surface area (Å²) in [4.78, 5) is 12.1. The minimum atomic E-state index is 0.0111. The largest absolute Gasteiger partial charge is 0.497 e. The third-order valence-electron chi connectivity index (χ3n) is 3.56. The zero-order valence-corrected chi connectivity index (χ0v) is 12.7. The molecule has 2 aromatic carbocycles. The number of benzene rings is 2. The van der Waals surface area contributed by atoms with Gasteiger partial charge in [-0.15, -0.1) is 0 Å². The van der Waals surface area contributed by atoms with Crippen molar-refractivity contribution in [3.8, 4) is 5.75 Å². The fourth-order valence-corrected chi connectivity index (χ4v) is 2.37. The van der Waals surface area contributed by atoms with Gasteiger partial charge in [-0.25, -0.2) is 0 Å². The summed E-state index contributed by atoms with van der Waals surface area (Å²) in [7, 11) is 1.63. The van der Waals surface area contributed by atoms with E-state index < -0.39 is 0 Å². The van der Waals surface area contributed by atoms with E-state index in [1.54, 1.807) is 7.11 Å². The first-order valence-electron chi connectivity index (χ1n) is 7.08. The van der Waals surface area contributed by atoms with Crippen molar-refractivity contribution in [2.75, 3.05) is 7.11 Å². The average molecular weight is 283 g/mol. The summed E-state index contributed by atoms with van der Waals surface area (Å²) in [6.07, 6.45) is 0.375. The molecule has 0 aliphatic heterocycles. The molecular weight excluding hydrogens is 262 g/mol. The van der Waals surface area contributed by atoms with Crippen molar-refractivity contribution in [3.05, 3.63) is 65.2 Å². The quantitative estimate of drug-likeness (QED) is 0.913. The molecule has 0 spiro atoms. The molecule has 0 aliphatic carbocycles. The van der Waals surface area contributed by atoms with Crippen LogP contribution in [0.25, 0.3) is 0 Å². The maximum Gasteiger partial charge on any atom is 0.224 e. The van der Waals surface area contributed by atoms with Crippen LogP contribution in [0.5, 0.6) is 5.75 Å². The fraction of sp³-hybridized carbons (Fsp3) is 0.278. The zero-order valence-electron chi connectivity index (χ0n) is 12.7. The number of nitrogens with one attached hydrogen (secondary N) is 1. The van der Waals surface area contributed by atoms with Crippen molar-refractivity contribution in [2.24, 2.45) is 0 Å². The van der Waals surface area contributed by atoms with Gasteiger partial charge in [0.05, 0.1) is 19.6 Å². The van der Waals surface area contributed by atoms with Gasteiger partial charge in [-0.05, 0) is 42.7 Å². The number of amides is 1. The average Bonchev–Trinajstić information content (AvgIpc) is 2.48. The van der Waals surface area contributed by atoms with E-state index in [2.05, 4.69) is 18.3 Å². The predicted molar refractivity (Wildman–Crippen MR) is 84.4 cm³/mol. The Kier molecular flexibility index (Phi) is 4.99. The van der Waals surface area contributed by atoms with Crippen molar-refractivity contribution >= 4 is 5.91 Å². The van der Waals surface area contributed by atoms with Crippen molar-refractivity contribution in [3.63, 3.8) is 0 Å². The van der Waals surface area contributed by atoms with Crippen molar-refractivity contribution in [1.82, 2.24) is 5.32 Å². The van der Waals surface area contributed by atoms with E-state index in [0.29, 0.717) is 6.42 Å². The molecule has 0 saturated heterocycles. The van der Waals surface area contributed by atoms with Crippen LogP contribution in [-0.4, -0.2) is 13.0 Å². The van der Waals surface area contributed by atoms with Crippen LogP contribution in [0.1, 0.15) is 29.7 Å². The standard InChI is InChI=1S/C18H21NO2/c1-13-6-4-5-7-17(13)14(2)19-18(20)12-15-8-10-16(21-3)11-9-15/h4-11,14H,12H2,1-3H3,(H,19,20). The molecule has 0 fully saturated rings. The van der Waals surface area contributed by atoms with E-state index in [0.717, 1.165) is 16.9 Å². The molecule has 1 atom stereocenters. The summed E-state index contributed by atoms with van der Waals surface area (Å²) in [5.41, 5.74) is 3.32. The predicted octanol–water partition coefficient (Wildman–Crippen LogP) is 3.42. The maximum atomic E-state index is 12.1. The van der Waals surface area contributed by atoms with Crippen molar-refractivity contribution in [1.29, 1.82) is 0 Å². The molecule has 0 bridgehead atoms. The molecule has 0 radical (unpaired) electrons. The Morgan fingerprint density at radius 1 is 1.14 bits per heavy atom. The van der Waals surface area contributed by atoms with Gasteiger partial charge in [-0.2, -0.15) is 0 Å². The van der Waals surface area contributed by atoms with Gasteiger partial charge < -0.3 is 10.1 Å². The van der Waals surface area contributed by atoms with E-state index in [-0.39, 0.29) is 11.9 Å². The summed E-state index contributed by atoms with van der Waals surface area (Å²) in [6.45, 7) is 4.07. The van der Waals surface area contributed by atoms with Crippen molar-refractivity contribution < 1.29 is 9.53 Å². The summed E-state index contributed by atoms with van der Waals surface area (Å²) in [6, 6.07) is 15.7. The third-order valence-corrected chi connectivity index (χ3v) is 3.56. The van der Waals surface area contributed by atoms with Crippen LogP contribution in [0, 0.1) is 6.92 Å². The lowest BCUT2D eigenvalue weighted by molar-refractivity contribution is -0.121. The molecule has 1 unspecified atom stereocenters. The second-order valence-electron chi connectivity index (χ2n) is 5.17. The zero-order chi connectivity index (χ0) is 15.2. The molecule has 0 aliphatic rings. The van der Waals surface area contributed by atoms with E-state index in [4.69, 9.17) is 4.74 Å². The molecule has 21 heavy (non-hydrogen) atoms. The summed E-state index contributed by atoms with van der Waals surface area (Å²) in [5.74, 6) is 0.823. The second kappa shape index (κ2) is 6.93. The van der Waals surface area contributed by atoms with Gasteiger partial charge in [-0.1, -0.05) is 36.4 Å². The highest BCUT2D eigenvalue weighted by atomic mass is 16.5. The van der Waals surface area contributed by atoms with Gasteiger partial charge in [0.2, 0.25) is 5.91 Å². The highest BCUT2D eigenvalue weighted by Crippen LogP contribution is 2.17. The van der Waals surface area contributed by atoms with Crippen LogP contribution in [0.4, 0.5) is 0 Å². The Hall–Kier alpha value is -2.29. The van der Waals surface area contributed by atoms with E-state index in [9.17, 15) is 4.79 Å². The van der Waals surface area contributed by atoms with E-state index >= 15 is 0 Å². The molecule has 1 N–H and O–H groups in total. The summed E-state index contributed by atoms with van der Waals surface area (Å²) < 4.78 is 5.11. The molecule has 0 aromatic heterocycles. The molecule has 3 nitrogen and oxygen atoms in total. The number of rotatable bonds is 5. The Bertz CT molecular complexity index is 605. The Balaban J connectivity index is 1.96. The van der Waals surface area contributed by atoms with Gasteiger partial charge in [0.15, 0.2) is 0 Å². The molecule has 0 saturated carbocycles. The topological polar surface area (TPSA) is 38.3 Å². The van der Waals surface area contributed by atoms with E-state index in [1.807, 2.05) is 49.4 Å². The molecule has 110 valence electrons. The first kappa shape index (κ1) is 15.1. The van der Waals surface area contributed by atoms with Crippen LogP contribution in [-0.2, 0) is 11.2 Å². The lowest BCUT2D eigenvalue weighted by atomic mass is 10.0. The third kappa shape index (κ3) is 4.09. The normalized spacial score (nSPS) is 11.8. The van der Waals surface area contributed by atoms with Crippen LogP contribution < -0.4 is 10.1 Å². The van der Waals surface area contributed by atoms with E-state index in [1.165, 1.54) is 5.56 Å². The van der Waals surface area contributed by atoms with Gasteiger partial charge >= 0.3 is 0 Å². The first-order valence-corrected chi connectivity index (χ1v) is 7.08. The Labute approximate surface area is 126 Å². The fourth-order valence-electron chi connectivity index (χ4n) is 2.37. The minimum Gasteiger partial charge on any atom is -0.497 e. The number of aryl methyl sites for hydroxylation is 1. The van der Waals surface area contributed by atoms with Crippen LogP contribution in [0.15, 0.2) is 48.5 Å². The molecule has 1 amide bonds. The Morgan fingerprint density at radius 2 is 1.81 bits per heavy atom. The lowest BCUT2D eigenvalue weighted by Crippen LogP contribution is -2.28. The summed E-state index contributed by atoms with van der Waals surface area (Å²) >= 11 is 0. The lowest BCUT2D eigenvalue weighted by Gasteiger charge is -2.16. The van der Waals surface area contributed by atoms with Gasteiger partial charge in [-0.3, -0.25) is 4.79 Å². The minimum absolute atomic E-state index is 0.0111. The summed E-state index contributed by atoms with van der Waals surface area (Å²) in [5, 5.41) is 3.04. The highest BCUT2D eigenvalue weighted by molar-refractivity contribution is 5.79. The number of carbonyl (C=O) groups excluding carboxylic acids is 1. The van der Waals surface area contributed by atoms with Gasteiger partial charge in [0, 0.05) is 0 Å². The number of hydrogen-bond donors (Lipinski definition) is 1. The molecule has 0 heterocycles. The van der Waals surface area contributed by atoms with Gasteiger partial charge in [0.1, 0.15) is 5.75 Å². The number of hydrogen-bond acceptors (Lipinski definition) is 2.